The van der Waals surface area contributed by atoms with Gasteiger partial charge in [-0.1, -0.05) is 19.9 Å². The number of rotatable bonds is 5. The molecule has 0 saturated heterocycles. The molecule has 0 aliphatic heterocycles. The minimum absolute atomic E-state index is 0.473. The van der Waals surface area contributed by atoms with Gasteiger partial charge in [0.25, 0.3) is 0 Å². The van der Waals surface area contributed by atoms with Gasteiger partial charge in [0.15, 0.2) is 11.5 Å². The van der Waals surface area contributed by atoms with Gasteiger partial charge in [-0.3, -0.25) is 0 Å². The van der Waals surface area contributed by atoms with Crippen LogP contribution in [0.2, 0.25) is 0 Å². The van der Waals surface area contributed by atoms with Crippen molar-refractivity contribution >= 4 is 0 Å². The highest BCUT2D eigenvalue weighted by Gasteiger charge is 2.09. The molecule has 3 heteroatoms. The standard InChI is InChI=1S/C13H20O3/c1-9(2)8-16-12-6-5-11(10(3)14)7-13(12)15-4/h5-7,9-10,14H,8H2,1-4H3/t10-/m1/s1. The van der Waals surface area contributed by atoms with Gasteiger partial charge in [-0.05, 0) is 30.5 Å². The van der Waals surface area contributed by atoms with Crippen LogP contribution in [0.5, 0.6) is 11.5 Å². The highest BCUT2D eigenvalue weighted by molar-refractivity contribution is 5.43. The molecule has 1 aromatic rings. The summed E-state index contributed by atoms with van der Waals surface area (Å²) in [6, 6.07) is 5.49. The summed E-state index contributed by atoms with van der Waals surface area (Å²) in [5, 5.41) is 9.46. The predicted octanol–water partition coefficient (Wildman–Crippen LogP) is 2.78. The highest BCUT2D eigenvalue weighted by Crippen LogP contribution is 2.30. The highest BCUT2D eigenvalue weighted by atomic mass is 16.5. The summed E-state index contributed by atoms with van der Waals surface area (Å²) in [4.78, 5) is 0. The van der Waals surface area contributed by atoms with Gasteiger partial charge in [0.1, 0.15) is 0 Å². The van der Waals surface area contributed by atoms with E-state index in [1.807, 2.05) is 12.1 Å². The largest absolute Gasteiger partial charge is 0.493 e. The van der Waals surface area contributed by atoms with Crippen LogP contribution in [0.1, 0.15) is 32.4 Å². The third-order valence-corrected chi connectivity index (χ3v) is 2.24. The SMILES string of the molecule is COc1cc([C@@H](C)O)ccc1OCC(C)C. The van der Waals surface area contributed by atoms with Crippen molar-refractivity contribution in [3.63, 3.8) is 0 Å². The molecular weight excluding hydrogens is 204 g/mol. The molecule has 0 aliphatic rings. The van der Waals surface area contributed by atoms with Crippen molar-refractivity contribution < 1.29 is 14.6 Å². The molecule has 16 heavy (non-hydrogen) atoms. The second-order valence-electron chi connectivity index (χ2n) is 4.29. The molecule has 0 fully saturated rings. The molecule has 0 unspecified atom stereocenters. The van der Waals surface area contributed by atoms with E-state index in [1.165, 1.54) is 0 Å². The van der Waals surface area contributed by atoms with Crippen LogP contribution in [0.15, 0.2) is 18.2 Å². The van der Waals surface area contributed by atoms with Crippen molar-refractivity contribution in [1.29, 1.82) is 0 Å². The molecule has 1 aromatic carbocycles. The van der Waals surface area contributed by atoms with Crippen molar-refractivity contribution in [3.8, 4) is 11.5 Å². The maximum atomic E-state index is 9.46. The van der Waals surface area contributed by atoms with Crippen LogP contribution in [0, 0.1) is 5.92 Å². The molecule has 0 aromatic heterocycles. The normalized spacial score (nSPS) is 12.6. The topological polar surface area (TPSA) is 38.7 Å². The first-order valence-corrected chi connectivity index (χ1v) is 5.53. The molecule has 1 N–H and O–H groups in total. The van der Waals surface area contributed by atoms with E-state index >= 15 is 0 Å². The van der Waals surface area contributed by atoms with Gasteiger partial charge in [0, 0.05) is 0 Å². The van der Waals surface area contributed by atoms with E-state index in [0.717, 1.165) is 11.3 Å². The molecule has 0 radical (unpaired) electrons. The molecule has 0 aliphatic carbocycles. The molecule has 1 rings (SSSR count). The van der Waals surface area contributed by atoms with Crippen molar-refractivity contribution in [2.24, 2.45) is 5.92 Å². The van der Waals surface area contributed by atoms with Crippen LogP contribution in [-0.4, -0.2) is 18.8 Å². The summed E-state index contributed by atoms with van der Waals surface area (Å²) in [7, 11) is 1.60. The maximum absolute atomic E-state index is 9.46. The first kappa shape index (κ1) is 12.8. The fourth-order valence-electron chi connectivity index (χ4n) is 1.32. The summed E-state index contributed by atoms with van der Waals surface area (Å²) in [6.45, 7) is 6.57. The first-order chi connectivity index (χ1) is 7.54. The Labute approximate surface area is 97.0 Å². The lowest BCUT2D eigenvalue weighted by molar-refractivity contribution is 0.198. The summed E-state index contributed by atoms with van der Waals surface area (Å²) < 4.78 is 10.8. The van der Waals surface area contributed by atoms with Crippen molar-refractivity contribution in [1.82, 2.24) is 0 Å². The lowest BCUT2D eigenvalue weighted by Gasteiger charge is -2.14. The average Bonchev–Trinajstić information content (AvgIpc) is 2.25. The minimum atomic E-state index is -0.493. The molecule has 0 saturated carbocycles. The predicted molar refractivity (Wildman–Crippen MR) is 64.0 cm³/mol. The van der Waals surface area contributed by atoms with E-state index in [-0.39, 0.29) is 0 Å². The number of hydrogen-bond donors (Lipinski definition) is 1. The van der Waals surface area contributed by atoms with Gasteiger partial charge in [0.2, 0.25) is 0 Å². The van der Waals surface area contributed by atoms with Crippen LogP contribution < -0.4 is 9.47 Å². The first-order valence-electron chi connectivity index (χ1n) is 5.53. The maximum Gasteiger partial charge on any atom is 0.161 e. The molecular formula is C13H20O3. The Morgan fingerprint density at radius 3 is 2.38 bits per heavy atom. The minimum Gasteiger partial charge on any atom is -0.493 e. The van der Waals surface area contributed by atoms with Gasteiger partial charge >= 0.3 is 0 Å². The summed E-state index contributed by atoms with van der Waals surface area (Å²) in [6.07, 6.45) is -0.493. The fraction of sp³-hybridized carbons (Fsp3) is 0.538. The fourth-order valence-corrected chi connectivity index (χ4v) is 1.32. The average molecular weight is 224 g/mol. The second kappa shape index (κ2) is 5.75. The number of aliphatic hydroxyl groups is 1. The second-order valence-corrected chi connectivity index (χ2v) is 4.29. The van der Waals surface area contributed by atoms with Crippen molar-refractivity contribution in [3.05, 3.63) is 23.8 Å². The van der Waals surface area contributed by atoms with Gasteiger partial charge in [0.05, 0.1) is 19.8 Å². The quantitative estimate of drug-likeness (QED) is 0.835. The number of aliphatic hydroxyl groups excluding tert-OH is 1. The Bertz CT molecular complexity index is 332. The zero-order chi connectivity index (χ0) is 12.1. The van der Waals surface area contributed by atoms with E-state index in [1.54, 1.807) is 20.1 Å². The summed E-state index contributed by atoms with van der Waals surface area (Å²) in [5.41, 5.74) is 0.828. The summed E-state index contributed by atoms with van der Waals surface area (Å²) >= 11 is 0. The van der Waals surface area contributed by atoms with Crippen molar-refractivity contribution in [2.75, 3.05) is 13.7 Å². The van der Waals surface area contributed by atoms with Crippen molar-refractivity contribution in [2.45, 2.75) is 26.9 Å². The van der Waals surface area contributed by atoms with Crippen LogP contribution in [-0.2, 0) is 0 Å². The Hall–Kier alpha value is -1.22. The van der Waals surface area contributed by atoms with E-state index < -0.39 is 6.10 Å². The van der Waals surface area contributed by atoms with Gasteiger partial charge in [-0.2, -0.15) is 0 Å². The lowest BCUT2D eigenvalue weighted by atomic mass is 10.1. The lowest BCUT2D eigenvalue weighted by Crippen LogP contribution is -2.06. The Balaban J connectivity index is 2.84. The molecule has 0 heterocycles. The van der Waals surface area contributed by atoms with Crippen LogP contribution in [0.25, 0.3) is 0 Å². The van der Waals surface area contributed by atoms with E-state index in [2.05, 4.69) is 13.8 Å². The Morgan fingerprint density at radius 2 is 1.88 bits per heavy atom. The van der Waals surface area contributed by atoms with Gasteiger partial charge < -0.3 is 14.6 Å². The Morgan fingerprint density at radius 1 is 1.19 bits per heavy atom. The van der Waals surface area contributed by atoms with E-state index in [4.69, 9.17) is 9.47 Å². The van der Waals surface area contributed by atoms with Crippen LogP contribution in [0.4, 0.5) is 0 Å². The van der Waals surface area contributed by atoms with E-state index in [0.29, 0.717) is 18.3 Å². The van der Waals surface area contributed by atoms with Gasteiger partial charge in [-0.15, -0.1) is 0 Å². The van der Waals surface area contributed by atoms with E-state index in [9.17, 15) is 5.11 Å². The number of hydrogen-bond acceptors (Lipinski definition) is 3. The third-order valence-electron chi connectivity index (χ3n) is 2.24. The monoisotopic (exact) mass is 224 g/mol. The molecule has 0 amide bonds. The molecule has 90 valence electrons. The molecule has 3 nitrogen and oxygen atoms in total. The summed E-state index contributed by atoms with van der Waals surface area (Å²) in [5.74, 6) is 1.86. The third kappa shape index (κ3) is 3.42. The van der Waals surface area contributed by atoms with Gasteiger partial charge in [-0.25, -0.2) is 0 Å². The molecule has 1 atom stereocenters. The Kier molecular flexibility index (Phi) is 4.62. The number of methoxy groups -OCH3 is 1. The number of ether oxygens (including phenoxy) is 2. The smallest absolute Gasteiger partial charge is 0.161 e. The van der Waals surface area contributed by atoms with Crippen LogP contribution in [0.3, 0.4) is 0 Å². The van der Waals surface area contributed by atoms with Crippen LogP contribution >= 0.6 is 0 Å². The zero-order valence-electron chi connectivity index (χ0n) is 10.4. The number of benzene rings is 1. The zero-order valence-corrected chi connectivity index (χ0v) is 10.4. The molecule has 0 spiro atoms. The molecule has 0 bridgehead atoms.